The molecule has 2 aromatic heterocycles. The number of oxazole rings is 1. The SMILES string of the molecule is COc1ccc(CN2CCC(OC)CC2)cc1-c1ccc(-c2cnco2)s1. The van der Waals surface area contributed by atoms with Crippen LogP contribution in [0.15, 0.2) is 47.3 Å². The quantitative estimate of drug-likeness (QED) is 0.617. The maximum absolute atomic E-state index is 5.61. The number of aromatic nitrogens is 1. The lowest BCUT2D eigenvalue weighted by molar-refractivity contribution is 0.0388. The molecule has 3 heterocycles. The zero-order valence-corrected chi connectivity index (χ0v) is 16.5. The van der Waals surface area contributed by atoms with Gasteiger partial charge in [0.1, 0.15) is 5.75 Å². The molecule has 4 rings (SSSR count). The molecule has 1 aliphatic rings. The van der Waals surface area contributed by atoms with Crippen LogP contribution in [0.4, 0.5) is 0 Å². The minimum atomic E-state index is 0.410. The summed E-state index contributed by atoms with van der Waals surface area (Å²) >= 11 is 1.69. The standard InChI is InChI=1S/C21H24N2O3S/c1-24-16-7-9-23(10-8-16)13-15-3-4-18(25-2)17(11-15)20-5-6-21(27-20)19-12-22-14-26-19/h3-6,11-12,14,16H,7-10,13H2,1-2H3. The minimum Gasteiger partial charge on any atom is -0.496 e. The largest absolute Gasteiger partial charge is 0.496 e. The van der Waals surface area contributed by atoms with Crippen LogP contribution in [-0.4, -0.2) is 43.3 Å². The molecule has 5 nitrogen and oxygen atoms in total. The summed E-state index contributed by atoms with van der Waals surface area (Å²) in [6.45, 7) is 3.11. The first-order valence-corrected chi connectivity index (χ1v) is 9.99. The average molecular weight is 385 g/mol. The summed E-state index contributed by atoms with van der Waals surface area (Å²) in [6, 6.07) is 10.7. The summed E-state index contributed by atoms with van der Waals surface area (Å²) in [4.78, 5) is 8.73. The lowest BCUT2D eigenvalue weighted by Gasteiger charge is -2.31. The Kier molecular flexibility index (Phi) is 5.57. The molecular formula is C21H24N2O3S. The number of thiophene rings is 1. The molecule has 1 aliphatic heterocycles. The zero-order valence-electron chi connectivity index (χ0n) is 15.7. The molecule has 0 unspecified atom stereocenters. The van der Waals surface area contributed by atoms with Crippen LogP contribution in [0.5, 0.6) is 5.75 Å². The fourth-order valence-corrected chi connectivity index (χ4v) is 4.54. The van der Waals surface area contributed by atoms with Gasteiger partial charge in [-0.25, -0.2) is 4.98 Å². The van der Waals surface area contributed by atoms with Crippen molar-refractivity contribution in [1.29, 1.82) is 0 Å². The van der Waals surface area contributed by atoms with E-state index >= 15 is 0 Å². The highest BCUT2D eigenvalue weighted by Crippen LogP contribution is 2.39. The second-order valence-electron chi connectivity index (χ2n) is 6.78. The van der Waals surface area contributed by atoms with Gasteiger partial charge in [0.25, 0.3) is 0 Å². The predicted octanol–water partition coefficient (Wildman–Crippen LogP) is 4.69. The number of likely N-dealkylation sites (tertiary alicyclic amines) is 1. The van der Waals surface area contributed by atoms with E-state index in [0.717, 1.165) is 59.3 Å². The third kappa shape index (κ3) is 4.08. The predicted molar refractivity (Wildman–Crippen MR) is 107 cm³/mol. The highest BCUT2D eigenvalue weighted by atomic mass is 32.1. The van der Waals surface area contributed by atoms with Gasteiger partial charge in [-0.05, 0) is 42.7 Å². The van der Waals surface area contributed by atoms with E-state index in [4.69, 9.17) is 13.9 Å². The van der Waals surface area contributed by atoms with Crippen molar-refractivity contribution in [3.05, 3.63) is 48.5 Å². The third-order valence-electron chi connectivity index (χ3n) is 5.08. The number of ether oxygens (including phenoxy) is 2. The van der Waals surface area contributed by atoms with Gasteiger partial charge < -0.3 is 13.9 Å². The van der Waals surface area contributed by atoms with E-state index in [2.05, 4.69) is 40.2 Å². The summed E-state index contributed by atoms with van der Waals surface area (Å²) in [5, 5.41) is 0. The molecule has 1 saturated heterocycles. The van der Waals surface area contributed by atoms with Crippen LogP contribution in [0.1, 0.15) is 18.4 Å². The Morgan fingerprint density at radius 2 is 1.96 bits per heavy atom. The van der Waals surface area contributed by atoms with Crippen LogP contribution in [0.25, 0.3) is 21.1 Å². The maximum atomic E-state index is 5.61. The molecule has 6 heteroatoms. The van der Waals surface area contributed by atoms with Gasteiger partial charge in [-0.1, -0.05) is 6.07 Å². The van der Waals surface area contributed by atoms with Crippen molar-refractivity contribution in [2.45, 2.75) is 25.5 Å². The first kappa shape index (κ1) is 18.2. The topological polar surface area (TPSA) is 47.7 Å². The number of hydrogen-bond donors (Lipinski definition) is 0. The minimum absolute atomic E-state index is 0.410. The Balaban J connectivity index is 1.55. The van der Waals surface area contributed by atoms with Crippen LogP contribution in [0.2, 0.25) is 0 Å². The van der Waals surface area contributed by atoms with Gasteiger partial charge in [-0.3, -0.25) is 4.90 Å². The number of piperidine rings is 1. The van der Waals surface area contributed by atoms with Gasteiger partial charge in [-0.15, -0.1) is 11.3 Å². The molecule has 0 amide bonds. The van der Waals surface area contributed by atoms with E-state index in [1.54, 1.807) is 24.6 Å². The van der Waals surface area contributed by atoms with Gasteiger partial charge in [0.05, 0.1) is 24.3 Å². The molecule has 27 heavy (non-hydrogen) atoms. The molecule has 1 aromatic carbocycles. The van der Waals surface area contributed by atoms with Gasteiger partial charge in [0.15, 0.2) is 12.2 Å². The molecule has 142 valence electrons. The summed E-state index contributed by atoms with van der Waals surface area (Å²) in [7, 11) is 3.53. The number of benzene rings is 1. The number of nitrogens with zero attached hydrogens (tertiary/aromatic N) is 2. The molecule has 0 spiro atoms. The number of hydrogen-bond acceptors (Lipinski definition) is 6. The lowest BCUT2D eigenvalue weighted by atomic mass is 10.0. The van der Waals surface area contributed by atoms with Gasteiger partial charge in [0.2, 0.25) is 0 Å². The van der Waals surface area contributed by atoms with Crippen molar-refractivity contribution in [1.82, 2.24) is 9.88 Å². The van der Waals surface area contributed by atoms with Crippen molar-refractivity contribution < 1.29 is 13.9 Å². The van der Waals surface area contributed by atoms with Crippen LogP contribution < -0.4 is 4.74 Å². The molecule has 0 atom stereocenters. The smallest absolute Gasteiger partial charge is 0.181 e. The Bertz CT molecular complexity index is 867. The third-order valence-corrected chi connectivity index (χ3v) is 6.22. The fraction of sp³-hybridized carbons (Fsp3) is 0.381. The Morgan fingerprint density at radius 1 is 1.15 bits per heavy atom. The maximum Gasteiger partial charge on any atom is 0.181 e. The summed E-state index contributed by atoms with van der Waals surface area (Å²) < 4.78 is 16.5. The first-order valence-electron chi connectivity index (χ1n) is 9.18. The van der Waals surface area contributed by atoms with Gasteiger partial charge in [-0.2, -0.15) is 0 Å². The van der Waals surface area contributed by atoms with Crippen molar-refractivity contribution in [3.8, 4) is 26.8 Å². The molecule has 0 radical (unpaired) electrons. The molecule has 0 bridgehead atoms. The second-order valence-corrected chi connectivity index (χ2v) is 7.86. The number of rotatable bonds is 6. The lowest BCUT2D eigenvalue weighted by Crippen LogP contribution is -2.36. The average Bonchev–Trinajstić information content (AvgIpc) is 3.40. The van der Waals surface area contributed by atoms with E-state index in [9.17, 15) is 0 Å². The monoisotopic (exact) mass is 384 g/mol. The molecule has 3 aromatic rings. The second kappa shape index (κ2) is 8.25. The zero-order chi connectivity index (χ0) is 18.6. The molecule has 0 aliphatic carbocycles. The van der Waals surface area contributed by atoms with Gasteiger partial charge >= 0.3 is 0 Å². The van der Waals surface area contributed by atoms with E-state index in [1.807, 2.05) is 7.11 Å². The molecular weight excluding hydrogens is 360 g/mol. The van der Waals surface area contributed by atoms with Crippen molar-refractivity contribution >= 4 is 11.3 Å². The number of methoxy groups -OCH3 is 2. The highest BCUT2D eigenvalue weighted by molar-refractivity contribution is 7.18. The summed E-state index contributed by atoms with van der Waals surface area (Å²) in [5.41, 5.74) is 2.42. The van der Waals surface area contributed by atoms with E-state index in [1.165, 1.54) is 12.0 Å². The van der Waals surface area contributed by atoms with Crippen LogP contribution >= 0.6 is 11.3 Å². The van der Waals surface area contributed by atoms with Crippen LogP contribution in [0, 0.1) is 0 Å². The molecule has 0 saturated carbocycles. The van der Waals surface area contributed by atoms with Crippen LogP contribution in [0.3, 0.4) is 0 Å². The van der Waals surface area contributed by atoms with E-state index < -0.39 is 0 Å². The Morgan fingerprint density at radius 3 is 2.67 bits per heavy atom. The van der Waals surface area contributed by atoms with E-state index in [0.29, 0.717) is 6.10 Å². The first-order chi connectivity index (χ1) is 13.3. The van der Waals surface area contributed by atoms with Crippen molar-refractivity contribution in [3.63, 3.8) is 0 Å². The Labute approximate surface area is 163 Å². The van der Waals surface area contributed by atoms with Crippen LogP contribution in [-0.2, 0) is 11.3 Å². The van der Waals surface area contributed by atoms with Crippen molar-refractivity contribution in [2.24, 2.45) is 0 Å². The Hall–Kier alpha value is -2.15. The summed E-state index contributed by atoms with van der Waals surface area (Å²) in [5.74, 6) is 1.69. The van der Waals surface area contributed by atoms with Crippen molar-refractivity contribution in [2.75, 3.05) is 27.3 Å². The highest BCUT2D eigenvalue weighted by Gasteiger charge is 2.19. The molecule has 1 fully saturated rings. The normalized spacial score (nSPS) is 15.9. The molecule has 0 N–H and O–H groups in total. The van der Waals surface area contributed by atoms with E-state index in [-0.39, 0.29) is 0 Å². The summed E-state index contributed by atoms with van der Waals surface area (Å²) in [6.07, 6.45) is 5.82. The van der Waals surface area contributed by atoms with Gasteiger partial charge in [0, 0.05) is 37.2 Å². The fourth-order valence-electron chi connectivity index (χ4n) is 3.56.